The lowest BCUT2D eigenvalue weighted by atomic mass is 9.61. The molecule has 4 rings (SSSR count). The van der Waals surface area contributed by atoms with Gasteiger partial charge in [0, 0.05) is 6.42 Å². The number of fused-ring (bicyclic) bond motifs is 1. The number of allylic oxidation sites excluding steroid dienone is 3. The maximum Gasteiger partial charge on any atom is 0.178 e. The summed E-state index contributed by atoms with van der Waals surface area (Å²) < 4.78 is 25.4. The van der Waals surface area contributed by atoms with Gasteiger partial charge in [-0.2, -0.15) is 0 Å². The van der Waals surface area contributed by atoms with Gasteiger partial charge in [0.15, 0.2) is 9.84 Å². The van der Waals surface area contributed by atoms with Crippen molar-refractivity contribution in [3.63, 3.8) is 0 Å². The molecule has 0 amide bonds. The minimum atomic E-state index is -3.22. The first-order valence-electron chi connectivity index (χ1n) is 13.3. The molecule has 0 aromatic heterocycles. The third kappa shape index (κ3) is 5.68. The third-order valence-electron chi connectivity index (χ3n) is 9.16. The second-order valence-electron chi connectivity index (χ2n) is 11.4. The van der Waals surface area contributed by atoms with Crippen LogP contribution in [0.2, 0.25) is 0 Å². The number of rotatable bonds is 7. The Hall–Kier alpha value is -1.69. The predicted molar refractivity (Wildman–Crippen MR) is 142 cm³/mol. The van der Waals surface area contributed by atoms with E-state index in [1.54, 1.807) is 24.3 Å². The molecule has 3 aliphatic carbocycles. The second kappa shape index (κ2) is 10.7. The van der Waals surface area contributed by atoms with Gasteiger partial charge in [-0.15, -0.1) is 0 Å². The molecular formula is C30H42O4S. The van der Waals surface area contributed by atoms with Gasteiger partial charge >= 0.3 is 0 Å². The van der Waals surface area contributed by atoms with Gasteiger partial charge in [0.2, 0.25) is 0 Å². The maximum atomic E-state index is 12.7. The zero-order valence-corrected chi connectivity index (χ0v) is 22.1. The molecule has 3 saturated carbocycles. The van der Waals surface area contributed by atoms with Crippen LogP contribution >= 0.6 is 0 Å². The Morgan fingerprint density at radius 1 is 1.17 bits per heavy atom. The fourth-order valence-corrected chi connectivity index (χ4v) is 8.58. The van der Waals surface area contributed by atoms with E-state index < -0.39 is 22.0 Å². The van der Waals surface area contributed by atoms with Gasteiger partial charge in [-0.1, -0.05) is 56.4 Å². The highest BCUT2D eigenvalue weighted by molar-refractivity contribution is 7.91. The van der Waals surface area contributed by atoms with Crippen LogP contribution in [0, 0.1) is 23.2 Å². The molecule has 5 heteroatoms. The Bertz CT molecular complexity index is 1070. The molecule has 3 fully saturated rings. The first-order chi connectivity index (χ1) is 16.6. The van der Waals surface area contributed by atoms with Gasteiger partial charge in [0.05, 0.1) is 22.9 Å². The minimum absolute atomic E-state index is 0.217. The lowest BCUT2D eigenvalue weighted by molar-refractivity contribution is 0.0861. The van der Waals surface area contributed by atoms with E-state index in [1.807, 2.05) is 6.07 Å². The largest absolute Gasteiger partial charge is 0.393 e. The van der Waals surface area contributed by atoms with E-state index in [-0.39, 0.29) is 11.2 Å². The highest BCUT2D eigenvalue weighted by atomic mass is 32.2. The lowest BCUT2D eigenvalue weighted by Crippen LogP contribution is -2.36. The number of hydrogen-bond acceptors (Lipinski definition) is 4. The van der Waals surface area contributed by atoms with E-state index in [2.05, 4.69) is 32.6 Å². The molecule has 0 bridgehead atoms. The van der Waals surface area contributed by atoms with Crippen LogP contribution < -0.4 is 0 Å². The van der Waals surface area contributed by atoms with Crippen molar-refractivity contribution >= 4 is 9.84 Å². The summed E-state index contributed by atoms with van der Waals surface area (Å²) in [6, 6.07) is 8.80. The SMILES string of the molecule is C=C1C(=CC=C2CCC[C@@]3(C)C2CC[C@@H]3[C@H](C)CCCS(=O)(=O)c2ccccc2)CC(O)CC1O. The number of benzene rings is 1. The number of aliphatic hydroxyl groups is 2. The van der Waals surface area contributed by atoms with E-state index in [9.17, 15) is 18.6 Å². The summed E-state index contributed by atoms with van der Waals surface area (Å²) in [5.41, 5.74) is 3.46. The van der Waals surface area contributed by atoms with Gasteiger partial charge in [-0.3, -0.25) is 0 Å². The molecule has 0 heterocycles. The molecule has 192 valence electrons. The lowest BCUT2D eigenvalue weighted by Gasteiger charge is -2.44. The van der Waals surface area contributed by atoms with E-state index >= 15 is 0 Å². The molecule has 0 spiro atoms. The summed E-state index contributed by atoms with van der Waals surface area (Å²) in [5.74, 6) is 1.88. The Labute approximate surface area is 211 Å². The molecule has 3 aliphatic rings. The van der Waals surface area contributed by atoms with Crippen molar-refractivity contribution in [2.45, 2.75) is 88.7 Å². The summed E-state index contributed by atoms with van der Waals surface area (Å²) >= 11 is 0. The average Bonchev–Trinajstić information content (AvgIpc) is 3.18. The van der Waals surface area contributed by atoms with Crippen LogP contribution in [0.1, 0.15) is 71.6 Å². The van der Waals surface area contributed by atoms with Crippen molar-refractivity contribution in [2.75, 3.05) is 5.75 Å². The molecule has 4 nitrogen and oxygen atoms in total. The van der Waals surface area contributed by atoms with Gasteiger partial charge in [0.25, 0.3) is 0 Å². The molecular weight excluding hydrogens is 456 g/mol. The van der Waals surface area contributed by atoms with Crippen molar-refractivity contribution in [1.82, 2.24) is 0 Å². The molecule has 0 saturated heterocycles. The van der Waals surface area contributed by atoms with E-state index in [0.717, 1.165) is 24.0 Å². The summed E-state index contributed by atoms with van der Waals surface area (Å²) in [5, 5.41) is 20.2. The monoisotopic (exact) mass is 498 g/mol. The highest BCUT2D eigenvalue weighted by Gasteiger charge is 2.50. The minimum Gasteiger partial charge on any atom is -0.393 e. The second-order valence-corrected chi connectivity index (χ2v) is 13.5. The predicted octanol–water partition coefficient (Wildman–Crippen LogP) is 6.02. The fraction of sp³-hybridized carbons (Fsp3) is 0.600. The van der Waals surface area contributed by atoms with Crippen LogP contribution in [-0.2, 0) is 9.84 Å². The van der Waals surface area contributed by atoms with Crippen molar-refractivity contribution in [3.8, 4) is 0 Å². The van der Waals surface area contributed by atoms with Crippen molar-refractivity contribution in [3.05, 3.63) is 65.8 Å². The van der Waals surface area contributed by atoms with Crippen LogP contribution in [0.25, 0.3) is 0 Å². The van der Waals surface area contributed by atoms with Crippen LogP contribution in [0.3, 0.4) is 0 Å². The molecule has 0 radical (unpaired) electrons. The molecule has 1 aromatic rings. The maximum absolute atomic E-state index is 12.7. The number of hydrogen-bond donors (Lipinski definition) is 2. The highest BCUT2D eigenvalue weighted by Crippen LogP contribution is 2.59. The fourth-order valence-electron chi connectivity index (χ4n) is 7.22. The first kappa shape index (κ1) is 26.4. The molecule has 1 aromatic carbocycles. The van der Waals surface area contributed by atoms with E-state index in [4.69, 9.17) is 0 Å². The standard InChI is InChI=1S/C30H42O4S/c1-21(9-8-18-35(33,34)26-11-5-4-6-12-26)27-15-16-28-23(10-7-17-30(27,28)3)13-14-24-19-25(31)20-29(32)22(24)2/h4-6,11-14,21,25,27-29,31-32H,2,7-10,15-20H2,1,3H3/t21-,25?,27-,28?,29?,30-/m1/s1. The first-order valence-corrected chi connectivity index (χ1v) is 15.0. The molecule has 3 unspecified atom stereocenters. The molecule has 0 aliphatic heterocycles. The quantitative estimate of drug-likeness (QED) is 0.482. The molecule has 2 N–H and O–H groups in total. The smallest absolute Gasteiger partial charge is 0.178 e. The van der Waals surface area contributed by atoms with E-state index in [0.29, 0.717) is 41.9 Å². The van der Waals surface area contributed by atoms with Crippen molar-refractivity contribution < 1.29 is 18.6 Å². The summed E-state index contributed by atoms with van der Waals surface area (Å²) in [6.07, 6.45) is 11.7. The topological polar surface area (TPSA) is 74.6 Å². The van der Waals surface area contributed by atoms with Crippen LogP contribution in [0.5, 0.6) is 0 Å². The third-order valence-corrected chi connectivity index (χ3v) is 11.0. The van der Waals surface area contributed by atoms with Crippen molar-refractivity contribution in [1.29, 1.82) is 0 Å². The zero-order chi connectivity index (χ0) is 25.2. The van der Waals surface area contributed by atoms with Crippen LogP contribution in [0.4, 0.5) is 0 Å². The Kier molecular flexibility index (Phi) is 8.09. The Morgan fingerprint density at radius 2 is 1.91 bits per heavy atom. The van der Waals surface area contributed by atoms with E-state index in [1.165, 1.54) is 31.3 Å². The Morgan fingerprint density at radius 3 is 2.66 bits per heavy atom. The molecule has 6 atom stereocenters. The number of aliphatic hydroxyl groups excluding tert-OH is 2. The van der Waals surface area contributed by atoms with Gasteiger partial charge in [-0.25, -0.2) is 8.42 Å². The average molecular weight is 499 g/mol. The number of sulfone groups is 1. The van der Waals surface area contributed by atoms with Gasteiger partial charge < -0.3 is 10.2 Å². The van der Waals surface area contributed by atoms with Crippen molar-refractivity contribution in [2.24, 2.45) is 23.2 Å². The Balaban J connectivity index is 1.41. The summed E-state index contributed by atoms with van der Waals surface area (Å²) in [7, 11) is -3.22. The zero-order valence-electron chi connectivity index (χ0n) is 21.3. The van der Waals surface area contributed by atoms with Crippen LogP contribution in [-0.4, -0.2) is 36.6 Å². The van der Waals surface area contributed by atoms with Gasteiger partial charge in [0.1, 0.15) is 0 Å². The van der Waals surface area contributed by atoms with Gasteiger partial charge in [-0.05, 0) is 97.8 Å². The normalized spacial score (nSPS) is 34.8. The van der Waals surface area contributed by atoms with Crippen LogP contribution in [0.15, 0.2) is 70.7 Å². The summed E-state index contributed by atoms with van der Waals surface area (Å²) in [4.78, 5) is 0.428. The molecule has 35 heavy (non-hydrogen) atoms. The summed E-state index contributed by atoms with van der Waals surface area (Å²) in [6.45, 7) is 8.83.